The Bertz CT molecular complexity index is 641. The number of carbonyl (C=O) groups excluding carboxylic acids is 1. The zero-order valence-electron chi connectivity index (χ0n) is 12.1. The van der Waals surface area contributed by atoms with Crippen LogP contribution in [-0.4, -0.2) is 32.2 Å². The highest BCUT2D eigenvalue weighted by Gasteiger charge is 2.18. The topological polar surface area (TPSA) is 84.7 Å². The first-order valence-electron chi connectivity index (χ1n) is 6.57. The summed E-state index contributed by atoms with van der Waals surface area (Å²) >= 11 is 6.05. The lowest BCUT2D eigenvalue weighted by molar-refractivity contribution is 0.0938. The minimum absolute atomic E-state index is 0.281. The van der Waals surface area contributed by atoms with E-state index < -0.39 is 0 Å². The van der Waals surface area contributed by atoms with Gasteiger partial charge in [-0.15, -0.1) is 10.2 Å². The maximum absolute atomic E-state index is 12.3. The number of amides is 1. The number of carbonyl (C=O) groups is 1. The van der Waals surface area contributed by atoms with E-state index in [9.17, 15) is 4.79 Å². The molecular formula is C13H17ClN6O. The van der Waals surface area contributed by atoms with Crippen LogP contribution in [0.5, 0.6) is 0 Å². The molecule has 8 heteroatoms. The van der Waals surface area contributed by atoms with E-state index in [4.69, 9.17) is 11.6 Å². The summed E-state index contributed by atoms with van der Waals surface area (Å²) in [5.41, 5.74) is 0.372. The second kappa shape index (κ2) is 6.53. The van der Waals surface area contributed by atoms with Crippen molar-refractivity contribution in [2.24, 2.45) is 7.05 Å². The lowest BCUT2D eigenvalue weighted by Gasteiger charge is -2.14. The van der Waals surface area contributed by atoms with Crippen molar-refractivity contribution in [3.63, 3.8) is 0 Å². The van der Waals surface area contributed by atoms with Crippen LogP contribution in [0, 0.1) is 0 Å². The number of rotatable bonds is 5. The van der Waals surface area contributed by atoms with E-state index >= 15 is 0 Å². The predicted molar refractivity (Wildman–Crippen MR) is 80.3 cm³/mol. The average Bonchev–Trinajstić information content (AvgIpc) is 2.87. The molecule has 0 fully saturated rings. The van der Waals surface area contributed by atoms with Crippen LogP contribution < -0.4 is 10.6 Å². The highest BCUT2D eigenvalue weighted by atomic mass is 35.5. The number of hydrogen-bond acceptors (Lipinski definition) is 5. The Kier molecular flexibility index (Phi) is 4.74. The summed E-state index contributed by atoms with van der Waals surface area (Å²) in [4.78, 5) is 16.4. The molecule has 2 heterocycles. The molecule has 0 aromatic carbocycles. The number of halogens is 1. The van der Waals surface area contributed by atoms with E-state index in [0.29, 0.717) is 28.8 Å². The molecule has 0 aliphatic heterocycles. The normalized spacial score (nSPS) is 12.0. The summed E-state index contributed by atoms with van der Waals surface area (Å²) in [7, 11) is 1.82. The van der Waals surface area contributed by atoms with Crippen LogP contribution in [0.2, 0.25) is 5.02 Å². The maximum Gasteiger partial charge on any atom is 0.253 e. The fourth-order valence-electron chi connectivity index (χ4n) is 1.91. The van der Waals surface area contributed by atoms with Gasteiger partial charge >= 0.3 is 0 Å². The molecule has 2 aromatic heterocycles. The van der Waals surface area contributed by atoms with Gasteiger partial charge < -0.3 is 15.2 Å². The van der Waals surface area contributed by atoms with Crippen molar-refractivity contribution in [2.75, 3.05) is 11.9 Å². The first-order chi connectivity index (χ1) is 10.0. The van der Waals surface area contributed by atoms with Crippen molar-refractivity contribution in [1.82, 2.24) is 25.1 Å². The molecule has 1 atom stereocenters. The Labute approximate surface area is 127 Å². The summed E-state index contributed by atoms with van der Waals surface area (Å²) in [5.74, 6) is 0.996. The van der Waals surface area contributed by atoms with Crippen molar-refractivity contribution in [3.05, 3.63) is 35.0 Å². The van der Waals surface area contributed by atoms with Crippen LogP contribution in [0.15, 0.2) is 18.6 Å². The number of pyridine rings is 1. The highest BCUT2D eigenvalue weighted by molar-refractivity contribution is 6.33. The predicted octanol–water partition coefficient (Wildman–Crippen LogP) is 1.79. The van der Waals surface area contributed by atoms with E-state index in [0.717, 1.165) is 0 Å². The van der Waals surface area contributed by atoms with Crippen LogP contribution in [0.25, 0.3) is 0 Å². The average molecular weight is 309 g/mol. The van der Waals surface area contributed by atoms with Gasteiger partial charge in [-0.2, -0.15) is 0 Å². The van der Waals surface area contributed by atoms with Crippen molar-refractivity contribution in [1.29, 1.82) is 0 Å². The zero-order valence-corrected chi connectivity index (χ0v) is 12.8. The van der Waals surface area contributed by atoms with Gasteiger partial charge in [-0.1, -0.05) is 11.6 Å². The van der Waals surface area contributed by atoms with Gasteiger partial charge in [-0.25, -0.2) is 4.98 Å². The molecule has 0 bridgehead atoms. The van der Waals surface area contributed by atoms with Crippen LogP contribution in [0.3, 0.4) is 0 Å². The third-order valence-corrected chi connectivity index (χ3v) is 3.24. The molecule has 7 nitrogen and oxygen atoms in total. The van der Waals surface area contributed by atoms with Crippen molar-refractivity contribution in [3.8, 4) is 0 Å². The number of nitrogens with zero attached hydrogens (tertiary/aromatic N) is 4. The molecule has 1 unspecified atom stereocenters. The molecule has 21 heavy (non-hydrogen) atoms. The lowest BCUT2D eigenvalue weighted by Crippen LogP contribution is -2.28. The molecule has 2 N–H and O–H groups in total. The van der Waals surface area contributed by atoms with Crippen molar-refractivity contribution >= 4 is 23.3 Å². The Morgan fingerprint density at radius 3 is 2.90 bits per heavy atom. The number of anilines is 1. The summed E-state index contributed by atoms with van der Waals surface area (Å²) in [6.07, 6.45) is 3.04. The van der Waals surface area contributed by atoms with Gasteiger partial charge in [-0.05, 0) is 19.9 Å². The van der Waals surface area contributed by atoms with E-state index in [1.807, 2.05) is 20.9 Å². The molecule has 0 saturated carbocycles. The van der Waals surface area contributed by atoms with Gasteiger partial charge in [0.15, 0.2) is 5.82 Å². The largest absolute Gasteiger partial charge is 0.370 e. The van der Waals surface area contributed by atoms with Gasteiger partial charge in [0.05, 0.1) is 16.6 Å². The summed E-state index contributed by atoms with van der Waals surface area (Å²) in [6.45, 7) is 4.50. The molecule has 0 radical (unpaired) electrons. The molecule has 2 aromatic rings. The molecule has 0 saturated heterocycles. The monoisotopic (exact) mass is 308 g/mol. The Hall–Kier alpha value is -2.15. The summed E-state index contributed by atoms with van der Waals surface area (Å²) in [6, 6.07) is 1.35. The van der Waals surface area contributed by atoms with Crippen molar-refractivity contribution < 1.29 is 4.79 Å². The standard InChI is InChI=1S/C13H17ClN6O/c1-4-15-11-5-9(10(14)6-16-11)13(21)18-8(2)12-19-17-7-20(12)3/h5-8H,4H2,1-3H3,(H,15,16)(H,18,21). The third kappa shape index (κ3) is 3.49. The molecule has 0 aliphatic rings. The Balaban J connectivity index is 2.16. The van der Waals surface area contributed by atoms with E-state index in [2.05, 4.69) is 25.8 Å². The Morgan fingerprint density at radius 2 is 2.29 bits per heavy atom. The van der Waals surface area contributed by atoms with Crippen molar-refractivity contribution in [2.45, 2.75) is 19.9 Å². The number of nitrogens with one attached hydrogen (secondary N) is 2. The lowest BCUT2D eigenvalue weighted by atomic mass is 10.2. The summed E-state index contributed by atoms with van der Waals surface area (Å²) < 4.78 is 1.75. The third-order valence-electron chi connectivity index (χ3n) is 2.94. The minimum Gasteiger partial charge on any atom is -0.370 e. The number of aromatic nitrogens is 4. The van der Waals surface area contributed by atoms with Crippen LogP contribution >= 0.6 is 11.6 Å². The van der Waals surface area contributed by atoms with E-state index in [-0.39, 0.29) is 11.9 Å². The van der Waals surface area contributed by atoms with Gasteiger partial charge in [-0.3, -0.25) is 4.79 Å². The second-order valence-electron chi connectivity index (χ2n) is 4.57. The summed E-state index contributed by atoms with van der Waals surface area (Å²) in [5, 5.41) is 14.0. The first-order valence-corrected chi connectivity index (χ1v) is 6.95. The minimum atomic E-state index is -0.281. The molecule has 0 aliphatic carbocycles. The second-order valence-corrected chi connectivity index (χ2v) is 4.98. The molecule has 2 rings (SSSR count). The highest BCUT2D eigenvalue weighted by Crippen LogP contribution is 2.19. The molecule has 0 spiro atoms. The fourth-order valence-corrected chi connectivity index (χ4v) is 2.10. The quantitative estimate of drug-likeness (QED) is 0.879. The first kappa shape index (κ1) is 15.2. The molecule has 1 amide bonds. The molecular weight excluding hydrogens is 292 g/mol. The number of aryl methyl sites for hydroxylation is 1. The van der Waals surface area contributed by atoms with Crippen LogP contribution in [0.4, 0.5) is 5.82 Å². The Morgan fingerprint density at radius 1 is 1.52 bits per heavy atom. The van der Waals surface area contributed by atoms with Crippen LogP contribution in [-0.2, 0) is 7.05 Å². The van der Waals surface area contributed by atoms with Gasteiger partial charge in [0, 0.05) is 19.8 Å². The maximum atomic E-state index is 12.3. The van der Waals surface area contributed by atoms with Gasteiger partial charge in [0.25, 0.3) is 5.91 Å². The van der Waals surface area contributed by atoms with E-state index in [1.165, 1.54) is 6.20 Å². The smallest absolute Gasteiger partial charge is 0.253 e. The van der Waals surface area contributed by atoms with Crippen LogP contribution in [0.1, 0.15) is 36.1 Å². The van der Waals surface area contributed by atoms with E-state index in [1.54, 1.807) is 17.0 Å². The van der Waals surface area contributed by atoms with Gasteiger partial charge in [0.2, 0.25) is 0 Å². The zero-order chi connectivity index (χ0) is 15.4. The molecule has 112 valence electrons. The number of hydrogen-bond donors (Lipinski definition) is 2. The van der Waals surface area contributed by atoms with Gasteiger partial charge in [0.1, 0.15) is 12.1 Å². The fraction of sp³-hybridized carbons (Fsp3) is 0.385. The SMILES string of the molecule is CCNc1cc(C(=O)NC(C)c2nncn2C)c(Cl)cn1.